The maximum atomic E-state index is 13.2. The Morgan fingerprint density at radius 2 is 1.86 bits per heavy atom. The van der Waals surface area contributed by atoms with Crippen LogP contribution in [-0.2, 0) is 6.54 Å². The second kappa shape index (κ2) is 10.0. The molecule has 2 aromatic carbocycles. The maximum Gasteiger partial charge on any atom is 0.219 e. The molecule has 0 atom stereocenters. The third kappa shape index (κ3) is 6.49. The van der Waals surface area contributed by atoms with E-state index in [1.807, 2.05) is 32.0 Å². The fourth-order valence-electron chi connectivity index (χ4n) is 2.63. The summed E-state index contributed by atoms with van der Waals surface area (Å²) in [6.07, 6.45) is 1.65. The van der Waals surface area contributed by atoms with E-state index in [-0.39, 0.29) is 29.8 Å². The van der Waals surface area contributed by atoms with Crippen molar-refractivity contribution in [3.05, 3.63) is 83.3 Å². The molecule has 5 nitrogen and oxygen atoms in total. The number of nitrogens with zero attached hydrogens (tertiary/aromatic N) is 2. The number of aliphatic imine (C=N–C) groups is 1. The number of hydrogen-bond acceptors (Lipinski definition) is 3. The molecule has 3 N–H and O–H groups in total. The lowest BCUT2D eigenvalue weighted by atomic mass is 10.1. The topological polar surface area (TPSA) is 72.5 Å². The summed E-state index contributed by atoms with van der Waals surface area (Å²) in [6.45, 7) is 4.45. The van der Waals surface area contributed by atoms with Gasteiger partial charge in [-0.25, -0.2) is 14.4 Å². The van der Waals surface area contributed by atoms with E-state index in [1.54, 1.807) is 24.4 Å². The maximum absolute atomic E-state index is 13.2. The third-order valence-electron chi connectivity index (χ3n) is 3.74. The van der Waals surface area contributed by atoms with Crippen molar-refractivity contribution in [2.24, 2.45) is 10.7 Å². The van der Waals surface area contributed by atoms with Crippen molar-refractivity contribution < 1.29 is 9.13 Å². The number of benzene rings is 2. The molecule has 28 heavy (non-hydrogen) atoms. The van der Waals surface area contributed by atoms with Crippen molar-refractivity contribution >= 4 is 35.6 Å². The molecule has 0 amide bonds. The van der Waals surface area contributed by atoms with E-state index in [0.717, 1.165) is 22.4 Å². The second-order valence-electron chi connectivity index (χ2n) is 6.27. The average molecular weight is 492 g/mol. The van der Waals surface area contributed by atoms with Gasteiger partial charge in [-0.3, -0.25) is 0 Å². The summed E-state index contributed by atoms with van der Waals surface area (Å²) >= 11 is 0. The minimum absolute atomic E-state index is 0. The van der Waals surface area contributed by atoms with Gasteiger partial charge in [0.2, 0.25) is 5.88 Å². The number of halogens is 2. The first-order valence-corrected chi connectivity index (χ1v) is 8.51. The van der Waals surface area contributed by atoms with Crippen LogP contribution in [-0.4, -0.2) is 10.9 Å². The molecule has 0 aliphatic rings. The smallest absolute Gasteiger partial charge is 0.219 e. The zero-order valence-corrected chi connectivity index (χ0v) is 18.0. The molecule has 0 radical (unpaired) electrons. The van der Waals surface area contributed by atoms with Gasteiger partial charge in [-0.1, -0.05) is 18.2 Å². The van der Waals surface area contributed by atoms with Gasteiger partial charge in [0.15, 0.2) is 5.96 Å². The lowest BCUT2D eigenvalue weighted by Crippen LogP contribution is -2.22. The largest absolute Gasteiger partial charge is 0.439 e. The predicted octanol–water partition coefficient (Wildman–Crippen LogP) is 5.17. The number of ether oxygens (including phenoxy) is 1. The van der Waals surface area contributed by atoms with Gasteiger partial charge in [-0.05, 0) is 54.8 Å². The van der Waals surface area contributed by atoms with E-state index < -0.39 is 0 Å². The molecule has 0 fully saturated rings. The van der Waals surface area contributed by atoms with Crippen LogP contribution in [0.15, 0.2) is 65.8 Å². The van der Waals surface area contributed by atoms with Gasteiger partial charge in [-0.15, -0.1) is 24.0 Å². The summed E-state index contributed by atoms with van der Waals surface area (Å²) in [7, 11) is 0. The lowest BCUT2D eigenvalue weighted by molar-refractivity contribution is 0.457. The van der Waals surface area contributed by atoms with Crippen LogP contribution in [0.2, 0.25) is 0 Å². The summed E-state index contributed by atoms with van der Waals surface area (Å²) in [6, 6.07) is 15.6. The van der Waals surface area contributed by atoms with Crippen LogP contribution in [0.25, 0.3) is 0 Å². The highest BCUT2D eigenvalue weighted by Gasteiger charge is 2.02. The van der Waals surface area contributed by atoms with E-state index in [4.69, 9.17) is 10.5 Å². The highest BCUT2D eigenvalue weighted by molar-refractivity contribution is 14.0. The van der Waals surface area contributed by atoms with Crippen molar-refractivity contribution in [3.8, 4) is 11.6 Å². The number of nitrogens with two attached hydrogens (primary N) is 1. The Labute approximate surface area is 180 Å². The van der Waals surface area contributed by atoms with Crippen molar-refractivity contribution in [2.45, 2.75) is 20.4 Å². The molecule has 0 aliphatic carbocycles. The summed E-state index contributed by atoms with van der Waals surface area (Å²) in [5.41, 5.74) is 10.1. The van der Waals surface area contributed by atoms with Gasteiger partial charge in [0.25, 0.3) is 0 Å². The van der Waals surface area contributed by atoms with Gasteiger partial charge in [0.05, 0.1) is 6.54 Å². The monoisotopic (exact) mass is 492 g/mol. The van der Waals surface area contributed by atoms with E-state index >= 15 is 0 Å². The molecular formula is C21H22FIN4O. The first-order valence-electron chi connectivity index (χ1n) is 8.51. The highest BCUT2D eigenvalue weighted by atomic mass is 127. The Morgan fingerprint density at radius 1 is 1.11 bits per heavy atom. The van der Waals surface area contributed by atoms with Gasteiger partial charge < -0.3 is 15.8 Å². The molecule has 3 aromatic rings. The summed E-state index contributed by atoms with van der Waals surface area (Å²) in [5, 5.41) is 3.09. The second-order valence-corrected chi connectivity index (χ2v) is 6.27. The van der Waals surface area contributed by atoms with Crippen molar-refractivity contribution in [2.75, 3.05) is 5.32 Å². The molecule has 0 saturated heterocycles. The molecule has 1 aromatic heterocycles. The zero-order valence-electron chi connectivity index (χ0n) is 15.6. The van der Waals surface area contributed by atoms with Crippen LogP contribution < -0.4 is 15.8 Å². The molecule has 146 valence electrons. The van der Waals surface area contributed by atoms with Gasteiger partial charge in [0, 0.05) is 24.0 Å². The molecule has 7 heteroatoms. The van der Waals surface area contributed by atoms with Crippen molar-refractivity contribution in [1.29, 1.82) is 0 Å². The normalized spacial score (nSPS) is 10.9. The number of guanidine groups is 1. The van der Waals surface area contributed by atoms with Gasteiger partial charge >= 0.3 is 0 Å². The first kappa shape index (κ1) is 21.6. The molecule has 0 aliphatic heterocycles. The summed E-state index contributed by atoms with van der Waals surface area (Å²) in [5.74, 6) is 0.759. The summed E-state index contributed by atoms with van der Waals surface area (Å²) < 4.78 is 18.7. The van der Waals surface area contributed by atoms with E-state index in [2.05, 4.69) is 21.4 Å². The van der Waals surface area contributed by atoms with Crippen LogP contribution in [0.4, 0.5) is 10.1 Å². The minimum atomic E-state index is -0.356. The quantitative estimate of drug-likeness (QED) is 0.293. The molecule has 3 rings (SSSR count). The molecule has 0 saturated carbocycles. The number of hydrogen-bond donors (Lipinski definition) is 2. The van der Waals surface area contributed by atoms with Crippen LogP contribution in [0, 0.1) is 19.7 Å². The number of rotatable bonds is 5. The molecule has 1 heterocycles. The number of pyridine rings is 1. The lowest BCUT2D eigenvalue weighted by Gasteiger charge is -2.08. The van der Waals surface area contributed by atoms with Crippen LogP contribution in [0.3, 0.4) is 0 Å². The van der Waals surface area contributed by atoms with Crippen molar-refractivity contribution in [3.63, 3.8) is 0 Å². The Bertz CT molecular complexity index is 941. The minimum Gasteiger partial charge on any atom is -0.439 e. The molecule has 0 bridgehead atoms. The van der Waals surface area contributed by atoms with Gasteiger partial charge in [-0.2, -0.15) is 0 Å². The summed E-state index contributed by atoms with van der Waals surface area (Å²) in [4.78, 5) is 8.54. The number of anilines is 1. The van der Waals surface area contributed by atoms with E-state index in [9.17, 15) is 4.39 Å². The van der Waals surface area contributed by atoms with E-state index in [1.165, 1.54) is 12.1 Å². The van der Waals surface area contributed by atoms with E-state index in [0.29, 0.717) is 24.1 Å². The number of aryl methyl sites for hydroxylation is 2. The fraction of sp³-hybridized carbons (Fsp3) is 0.143. The molecule has 0 unspecified atom stereocenters. The van der Waals surface area contributed by atoms with Gasteiger partial charge in [0.1, 0.15) is 11.6 Å². The third-order valence-corrected chi connectivity index (χ3v) is 3.74. The Morgan fingerprint density at radius 3 is 2.50 bits per heavy atom. The van der Waals surface area contributed by atoms with Crippen LogP contribution >= 0.6 is 24.0 Å². The molecule has 0 spiro atoms. The Balaban J connectivity index is 0.00000280. The zero-order chi connectivity index (χ0) is 19.2. The average Bonchev–Trinajstić information content (AvgIpc) is 2.60. The number of nitrogens with one attached hydrogen (secondary N) is 1. The van der Waals surface area contributed by atoms with Crippen molar-refractivity contribution in [1.82, 2.24) is 4.98 Å². The van der Waals surface area contributed by atoms with Crippen LogP contribution in [0.5, 0.6) is 11.6 Å². The first-order chi connectivity index (χ1) is 13.0. The van der Waals surface area contributed by atoms with Crippen LogP contribution in [0.1, 0.15) is 16.7 Å². The Kier molecular flexibility index (Phi) is 7.74. The standard InChI is InChI=1S/C21H21FN4O.HI/c1-14-8-15(2)10-18(9-14)26-21(23)25-13-16-6-7-20(24-12-16)27-19-5-3-4-17(22)11-19;/h3-12H,13H2,1-2H3,(H3,23,25,26);1H. The Hall–Kier alpha value is -2.68. The number of aromatic nitrogens is 1. The molecular weight excluding hydrogens is 470 g/mol. The predicted molar refractivity (Wildman–Crippen MR) is 121 cm³/mol. The highest BCUT2D eigenvalue weighted by Crippen LogP contribution is 2.20. The SMILES string of the molecule is Cc1cc(C)cc(NC(N)=NCc2ccc(Oc3cccc(F)c3)nc2)c1.I. The fourth-order valence-corrected chi connectivity index (χ4v) is 2.63.